The lowest BCUT2D eigenvalue weighted by molar-refractivity contribution is 0.102. The van der Waals surface area contributed by atoms with Gasteiger partial charge in [-0.2, -0.15) is 0 Å². The Bertz CT molecular complexity index is 948. The average Bonchev–Trinajstić information content (AvgIpc) is 2.47. The fourth-order valence-corrected chi connectivity index (χ4v) is 4.40. The first-order valence-corrected chi connectivity index (χ1v) is 9.97. The Morgan fingerprint density at radius 3 is 2.27 bits per heavy atom. The number of carbonyl (C=O) groups excluding carboxylic acids is 1. The van der Waals surface area contributed by atoms with Crippen molar-refractivity contribution in [3.8, 4) is 0 Å². The van der Waals surface area contributed by atoms with Crippen LogP contribution in [0.4, 0.5) is 5.69 Å². The number of carbonyl (C=O) groups is 1. The number of hydrogen-bond acceptors (Lipinski definition) is 3. The summed E-state index contributed by atoms with van der Waals surface area (Å²) in [6, 6.07) is 9.87. The zero-order valence-electron chi connectivity index (χ0n) is 15.5. The second kappa shape index (κ2) is 7.39. The van der Waals surface area contributed by atoms with E-state index in [2.05, 4.69) is 10.0 Å². The van der Waals surface area contributed by atoms with Gasteiger partial charge in [-0.05, 0) is 64.4 Å². The fourth-order valence-electron chi connectivity index (χ4n) is 2.46. The minimum atomic E-state index is -3.85. The summed E-state index contributed by atoms with van der Waals surface area (Å²) in [5.41, 5.74) is 2.24. The first-order valence-electron chi connectivity index (χ1n) is 8.11. The van der Waals surface area contributed by atoms with Crippen molar-refractivity contribution in [2.24, 2.45) is 0 Å². The molecule has 7 heteroatoms. The minimum Gasteiger partial charge on any atom is -0.322 e. The number of amides is 1. The van der Waals surface area contributed by atoms with E-state index in [1.807, 2.05) is 32.0 Å². The largest absolute Gasteiger partial charge is 0.322 e. The highest BCUT2D eigenvalue weighted by Crippen LogP contribution is 2.25. The predicted molar refractivity (Wildman–Crippen MR) is 105 cm³/mol. The summed E-state index contributed by atoms with van der Waals surface area (Å²) in [6.45, 7) is 9.06. The molecule has 0 aromatic heterocycles. The van der Waals surface area contributed by atoms with Gasteiger partial charge in [0.05, 0.1) is 5.02 Å². The maximum Gasteiger partial charge on any atom is 0.255 e. The number of aryl methyl sites for hydroxylation is 2. The van der Waals surface area contributed by atoms with E-state index in [1.54, 1.807) is 20.8 Å². The second-order valence-corrected chi connectivity index (χ2v) is 9.33. The first kappa shape index (κ1) is 20.4. The van der Waals surface area contributed by atoms with Crippen molar-refractivity contribution in [2.45, 2.75) is 45.1 Å². The van der Waals surface area contributed by atoms with Crippen molar-refractivity contribution in [3.05, 3.63) is 58.1 Å². The summed E-state index contributed by atoms with van der Waals surface area (Å²) in [6.07, 6.45) is 0. The van der Waals surface area contributed by atoms with Crippen molar-refractivity contribution < 1.29 is 13.2 Å². The number of hydrogen-bond donors (Lipinski definition) is 2. The van der Waals surface area contributed by atoms with E-state index in [4.69, 9.17) is 11.6 Å². The van der Waals surface area contributed by atoms with Crippen molar-refractivity contribution in [1.82, 2.24) is 4.72 Å². The maximum absolute atomic E-state index is 12.6. The van der Waals surface area contributed by atoms with Crippen LogP contribution in [0, 0.1) is 13.8 Å². The van der Waals surface area contributed by atoms with Gasteiger partial charge < -0.3 is 5.32 Å². The Morgan fingerprint density at radius 2 is 1.69 bits per heavy atom. The molecule has 0 heterocycles. The van der Waals surface area contributed by atoms with Crippen LogP contribution in [0.15, 0.2) is 41.3 Å². The molecule has 0 aliphatic rings. The molecule has 0 aliphatic heterocycles. The van der Waals surface area contributed by atoms with Crippen LogP contribution in [0.25, 0.3) is 0 Å². The maximum atomic E-state index is 12.6. The van der Waals surface area contributed by atoms with Crippen LogP contribution in [-0.2, 0) is 10.0 Å². The Labute approximate surface area is 159 Å². The van der Waals surface area contributed by atoms with Gasteiger partial charge in [-0.15, -0.1) is 0 Å². The summed E-state index contributed by atoms with van der Waals surface area (Å²) in [5, 5.41) is 2.86. The van der Waals surface area contributed by atoms with Crippen LogP contribution < -0.4 is 10.0 Å². The van der Waals surface area contributed by atoms with Crippen LogP contribution in [0.1, 0.15) is 42.3 Å². The standard InChI is InChI=1S/C19H23ClN2O3S/c1-12-6-9-16(13(2)10-12)21-18(23)14-7-8-15(20)17(11-14)26(24,25)22-19(3,4)5/h6-11,22H,1-5H3,(H,21,23). The van der Waals surface area contributed by atoms with Gasteiger partial charge in [0.1, 0.15) is 4.90 Å². The molecule has 0 bridgehead atoms. The second-order valence-electron chi connectivity index (χ2n) is 7.27. The van der Waals surface area contributed by atoms with E-state index in [0.717, 1.165) is 11.1 Å². The van der Waals surface area contributed by atoms with Gasteiger partial charge in [0.25, 0.3) is 5.91 Å². The molecule has 0 aliphatic carbocycles. The van der Waals surface area contributed by atoms with Gasteiger partial charge in [-0.25, -0.2) is 13.1 Å². The molecule has 0 radical (unpaired) electrons. The molecule has 140 valence electrons. The van der Waals surface area contributed by atoms with Crippen molar-refractivity contribution >= 4 is 33.2 Å². The van der Waals surface area contributed by atoms with Gasteiger partial charge in [0.2, 0.25) is 10.0 Å². The number of anilines is 1. The third-order valence-electron chi connectivity index (χ3n) is 3.55. The molecule has 0 fully saturated rings. The number of halogens is 1. The van der Waals surface area contributed by atoms with E-state index >= 15 is 0 Å². The van der Waals surface area contributed by atoms with E-state index in [1.165, 1.54) is 18.2 Å². The smallest absolute Gasteiger partial charge is 0.255 e. The molecule has 1 amide bonds. The third-order valence-corrected chi connectivity index (χ3v) is 5.79. The molecule has 0 atom stereocenters. The molecule has 0 spiro atoms. The molecule has 0 saturated heterocycles. The Hall–Kier alpha value is -1.89. The molecule has 2 aromatic carbocycles. The normalized spacial score (nSPS) is 12.1. The molecule has 2 N–H and O–H groups in total. The van der Waals surface area contributed by atoms with Crippen molar-refractivity contribution in [2.75, 3.05) is 5.32 Å². The third kappa shape index (κ3) is 5.06. The van der Waals surface area contributed by atoms with Crippen LogP contribution in [-0.4, -0.2) is 19.9 Å². The van der Waals surface area contributed by atoms with Gasteiger partial charge in [-0.1, -0.05) is 29.3 Å². The lowest BCUT2D eigenvalue weighted by Gasteiger charge is -2.21. The number of benzene rings is 2. The molecular formula is C19H23ClN2O3S. The Morgan fingerprint density at radius 1 is 1.04 bits per heavy atom. The summed E-state index contributed by atoms with van der Waals surface area (Å²) in [5.74, 6) is -0.402. The van der Waals surface area contributed by atoms with Crippen LogP contribution in [0.3, 0.4) is 0 Å². The fraction of sp³-hybridized carbons (Fsp3) is 0.316. The highest BCUT2D eigenvalue weighted by atomic mass is 35.5. The van der Waals surface area contributed by atoms with E-state index in [-0.39, 0.29) is 15.5 Å². The monoisotopic (exact) mass is 394 g/mol. The minimum absolute atomic E-state index is 0.0600. The lowest BCUT2D eigenvalue weighted by Crippen LogP contribution is -2.40. The topological polar surface area (TPSA) is 75.3 Å². The van der Waals surface area contributed by atoms with Gasteiger partial charge >= 0.3 is 0 Å². The number of rotatable bonds is 4. The Balaban J connectivity index is 2.35. The van der Waals surface area contributed by atoms with E-state index in [0.29, 0.717) is 5.69 Å². The molecule has 0 saturated carbocycles. The zero-order valence-corrected chi connectivity index (χ0v) is 17.0. The van der Waals surface area contributed by atoms with Crippen LogP contribution in [0.2, 0.25) is 5.02 Å². The first-order chi connectivity index (χ1) is 11.9. The summed E-state index contributed by atoms with van der Waals surface area (Å²) < 4.78 is 27.7. The Kier molecular flexibility index (Phi) is 5.80. The summed E-state index contributed by atoms with van der Waals surface area (Å²) in [7, 11) is -3.85. The molecule has 2 aromatic rings. The quantitative estimate of drug-likeness (QED) is 0.812. The highest BCUT2D eigenvalue weighted by Gasteiger charge is 2.25. The van der Waals surface area contributed by atoms with Gasteiger partial charge in [0.15, 0.2) is 0 Å². The van der Waals surface area contributed by atoms with Gasteiger partial charge in [-0.3, -0.25) is 4.79 Å². The molecular weight excluding hydrogens is 372 g/mol. The number of nitrogens with one attached hydrogen (secondary N) is 2. The molecule has 5 nitrogen and oxygen atoms in total. The zero-order chi connectivity index (χ0) is 19.7. The average molecular weight is 395 g/mol. The van der Waals surface area contributed by atoms with Crippen molar-refractivity contribution in [3.63, 3.8) is 0 Å². The SMILES string of the molecule is Cc1ccc(NC(=O)c2ccc(Cl)c(S(=O)(=O)NC(C)(C)C)c2)c(C)c1. The molecule has 2 rings (SSSR count). The van der Waals surface area contributed by atoms with Crippen LogP contribution >= 0.6 is 11.6 Å². The van der Waals surface area contributed by atoms with E-state index in [9.17, 15) is 13.2 Å². The number of sulfonamides is 1. The molecule has 26 heavy (non-hydrogen) atoms. The molecule has 0 unspecified atom stereocenters. The van der Waals surface area contributed by atoms with E-state index < -0.39 is 21.5 Å². The lowest BCUT2D eigenvalue weighted by atomic mass is 10.1. The predicted octanol–water partition coefficient (Wildman–Crippen LogP) is 4.29. The highest BCUT2D eigenvalue weighted by molar-refractivity contribution is 7.89. The van der Waals surface area contributed by atoms with Crippen LogP contribution in [0.5, 0.6) is 0 Å². The summed E-state index contributed by atoms with van der Waals surface area (Å²) in [4.78, 5) is 12.4. The van der Waals surface area contributed by atoms with Gasteiger partial charge in [0, 0.05) is 16.8 Å². The summed E-state index contributed by atoms with van der Waals surface area (Å²) >= 11 is 6.07. The van der Waals surface area contributed by atoms with Crippen molar-refractivity contribution in [1.29, 1.82) is 0 Å².